The minimum atomic E-state index is -0.410. The van der Waals surface area contributed by atoms with Crippen molar-refractivity contribution in [3.63, 3.8) is 0 Å². The quantitative estimate of drug-likeness (QED) is 0.494. The van der Waals surface area contributed by atoms with E-state index in [2.05, 4.69) is 15.8 Å². The van der Waals surface area contributed by atoms with E-state index < -0.39 is 11.8 Å². The molecule has 0 aliphatic heterocycles. The maximum atomic E-state index is 12.4. The lowest BCUT2D eigenvalue weighted by Gasteiger charge is -2.10. The topological polar surface area (TPSA) is 85.3 Å². The van der Waals surface area contributed by atoms with Gasteiger partial charge in [0.25, 0.3) is 11.8 Å². The van der Waals surface area contributed by atoms with Crippen molar-refractivity contribution in [3.8, 4) is 11.4 Å². The van der Waals surface area contributed by atoms with E-state index in [1.165, 1.54) is 11.8 Å². The number of benzene rings is 2. The highest BCUT2D eigenvalue weighted by molar-refractivity contribution is 7.98. The van der Waals surface area contributed by atoms with Gasteiger partial charge in [-0.2, -0.15) is 0 Å². The first kappa shape index (κ1) is 19.5. The Kier molecular flexibility index (Phi) is 6.33. The van der Waals surface area contributed by atoms with Crippen LogP contribution in [0.25, 0.3) is 5.69 Å². The van der Waals surface area contributed by atoms with Gasteiger partial charge in [0.15, 0.2) is 5.16 Å². The minimum Gasteiger partial charge on any atom is -0.494 e. The molecule has 0 saturated heterocycles. The Morgan fingerprint density at radius 1 is 1.07 bits per heavy atom. The number of carbonyl (C=O) groups excluding carboxylic acids is 2. The number of hydrazine groups is 1. The highest BCUT2D eigenvalue weighted by atomic mass is 32.2. The summed E-state index contributed by atoms with van der Waals surface area (Å²) in [6, 6.07) is 13.8. The molecule has 3 rings (SSSR count). The van der Waals surface area contributed by atoms with Crippen molar-refractivity contribution in [2.45, 2.75) is 12.1 Å². The molecule has 0 aliphatic rings. The van der Waals surface area contributed by atoms with Crippen LogP contribution in [0.5, 0.6) is 5.75 Å². The van der Waals surface area contributed by atoms with Crippen LogP contribution in [-0.4, -0.2) is 34.2 Å². The lowest BCUT2D eigenvalue weighted by atomic mass is 10.2. The van der Waals surface area contributed by atoms with Gasteiger partial charge in [-0.15, -0.1) is 0 Å². The number of thioether (sulfide) groups is 1. The third-order valence-corrected chi connectivity index (χ3v) is 4.56. The lowest BCUT2D eigenvalue weighted by molar-refractivity contribution is 0.0846. The number of ether oxygens (including phenoxy) is 1. The fourth-order valence-corrected chi connectivity index (χ4v) is 3.09. The molecule has 0 saturated carbocycles. The van der Waals surface area contributed by atoms with Gasteiger partial charge < -0.3 is 4.74 Å². The average Bonchev–Trinajstić information content (AvgIpc) is 3.21. The summed E-state index contributed by atoms with van der Waals surface area (Å²) in [4.78, 5) is 28.9. The lowest BCUT2D eigenvalue weighted by Crippen LogP contribution is -2.41. The fourth-order valence-electron chi connectivity index (χ4n) is 2.56. The fraction of sp³-hybridized carbons (Fsp3) is 0.150. The molecule has 3 aromatic rings. The Bertz CT molecular complexity index is 970. The molecule has 0 atom stereocenters. The molecule has 0 bridgehead atoms. The molecule has 2 aromatic carbocycles. The number of carbonyl (C=O) groups is 2. The van der Waals surface area contributed by atoms with Crippen LogP contribution in [-0.2, 0) is 0 Å². The molecular weight excluding hydrogens is 376 g/mol. The van der Waals surface area contributed by atoms with Crippen LogP contribution < -0.4 is 15.6 Å². The normalized spacial score (nSPS) is 10.4. The molecule has 0 aliphatic carbocycles. The zero-order valence-electron chi connectivity index (χ0n) is 15.5. The van der Waals surface area contributed by atoms with Crippen molar-refractivity contribution in [3.05, 3.63) is 72.1 Å². The summed E-state index contributed by atoms with van der Waals surface area (Å²) < 4.78 is 7.23. The summed E-state index contributed by atoms with van der Waals surface area (Å²) in [5, 5.41) is 0.821. The van der Waals surface area contributed by atoms with Crippen molar-refractivity contribution in [1.29, 1.82) is 0 Å². The van der Waals surface area contributed by atoms with Gasteiger partial charge in [0.2, 0.25) is 0 Å². The summed E-state index contributed by atoms with van der Waals surface area (Å²) in [7, 11) is 0. The molecule has 2 N–H and O–H groups in total. The number of aromatic nitrogens is 2. The third kappa shape index (κ3) is 4.52. The zero-order chi connectivity index (χ0) is 19.9. The van der Waals surface area contributed by atoms with Crippen LogP contribution in [0.1, 0.15) is 27.6 Å². The summed E-state index contributed by atoms with van der Waals surface area (Å²) in [5.74, 6) is -0.136. The monoisotopic (exact) mass is 396 g/mol. The molecule has 7 nitrogen and oxygen atoms in total. The molecule has 2 amide bonds. The number of nitrogens with one attached hydrogen (secondary N) is 2. The first-order chi connectivity index (χ1) is 13.6. The standard InChI is InChI=1S/C20H20N4O3S/c1-3-27-17-9-7-14(8-10-17)18(25)22-23-19(26)15-5-4-6-16(13-15)24-12-11-21-20(24)28-2/h4-13H,3H2,1-2H3,(H,22,25)(H,23,26). The van der Waals surface area contributed by atoms with E-state index >= 15 is 0 Å². The predicted octanol–water partition coefficient (Wildman–Crippen LogP) is 3.07. The van der Waals surface area contributed by atoms with Crippen molar-refractivity contribution in [2.75, 3.05) is 12.9 Å². The van der Waals surface area contributed by atoms with Gasteiger partial charge >= 0.3 is 0 Å². The van der Waals surface area contributed by atoms with E-state index in [9.17, 15) is 9.59 Å². The molecule has 8 heteroatoms. The Hall–Kier alpha value is -3.26. The summed E-state index contributed by atoms with van der Waals surface area (Å²) in [6.45, 7) is 2.44. The van der Waals surface area contributed by atoms with Crippen molar-refractivity contribution in [1.82, 2.24) is 20.4 Å². The smallest absolute Gasteiger partial charge is 0.269 e. The van der Waals surface area contributed by atoms with Gasteiger partial charge in [-0.05, 0) is 55.6 Å². The van der Waals surface area contributed by atoms with Crippen LogP contribution in [0.4, 0.5) is 0 Å². The van der Waals surface area contributed by atoms with E-state index in [0.717, 1.165) is 10.8 Å². The van der Waals surface area contributed by atoms with Crippen LogP contribution in [0.2, 0.25) is 0 Å². The molecule has 28 heavy (non-hydrogen) atoms. The second-order valence-electron chi connectivity index (χ2n) is 5.70. The van der Waals surface area contributed by atoms with Gasteiger partial charge in [0.1, 0.15) is 5.75 Å². The summed E-state index contributed by atoms with van der Waals surface area (Å²) in [5.41, 5.74) is 6.51. The Morgan fingerprint density at radius 2 is 1.79 bits per heavy atom. The van der Waals surface area contributed by atoms with Gasteiger partial charge in [-0.25, -0.2) is 4.98 Å². The molecule has 0 fully saturated rings. The van der Waals surface area contributed by atoms with Crippen molar-refractivity contribution < 1.29 is 14.3 Å². The Morgan fingerprint density at radius 3 is 2.46 bits per heavy atom. The molecule has 144 valence electrons. The molecule has 1 heterocycles. The molecule has 1 aromatic heterocycles. The van der Waals surface area contributed by atoms with Crippen LogP contribution in [0.15, 0.2) is 66.1 Å². The SMILES string of the molecule is CCOc1ccc(C(=O)NNC(=O)c2cccc(-n3ccnc3SC)c2)cc1. The van der Waals surface area contributed by atoms with Crippen LogP contribution in [0.3, 0.4) is 0 Å². The van der Waals surface area contributed by atoms with Gasteiger partial charge in [0, 0.05) is 29.2 Å². The molecule has 0 unspecified atom stereocenters. The maximum absolute atomic E-state index is 12.4. The highest BCUT2D eigenvalue weighted by Crippen LogP contribution is 2.19. The largest absolute Gasteiger partial charge is 0.494 e. The number of hydrogen-bond donors (Lipinski definition) is 2. The first-order valence-corrected chi connectivity index (χ1v) is 9.86. The van der Waals surface area contributed by atoms with Crippen molar-refractivity contribution >= 4 is 23.6 Å². The van der Waals surface area contributed by atoms with E-state index in [4.69, 9.17) is 4.74 Å². The summed E-state index contributed by atoms with van der Waals surface area (Å²) >= 11 is 1.51. The summed E-state index contributed by atoms with van der Waals surface area (Å²) in [6.07, 6.45) is 5.47. The molecule has 0 spiro atoms. The number of nitrogens with zero attached hydrogens (tertiary/aromatic N) is 2. The molecule has 0 radical (unpaired) electrons. The zero-order valence-corrected chi connectivity index (χ0v) is 16.3. The minimum absolute atomic E-state index is 0.410. The predicted molar refractivity (Wildman–Crippen MR) is 108 cm³/mol. The van der Waals surface area contributed by atoms with Crippen LogP contribution >= 0.6 is 11.8 Å². The first-order valence-electron chi connectivity index (χ1n) is 8.63. The maximum Gasteiger partial charge on any atom is 0.269 e. The number of hydrogen-bond acceptors (Lipinski definition) is 5. The second-order valence-corrected chi connectivity index (χ2v) is 6.47. The van der Waals surface area contributed by atoms with Crippen LogP contribution in [0, 0.1) is 0 Å². The van der Waals surface area contributed by atoms with Crippen molar-refractivity contribution in [2.24, 2.45) is 0 Å². The van der Waals surface area contributed by atoms with Gasteiger partial charge in [0.05, 0.1) is 6.61 Å². The number of rotatable bonds is 6. The Balaban J connectivity index is 1.65. The Labute approximate surface area is 167 Å². The number of amides is 2. The van der Waals surface area contributed by atoms with E-state index in [1.54, 1.807) is 48.7 Å². The van der Waals surface area contributed by atoms with Gasteiger partial charge in [-0.1, -0.05) is 17.8 Å². The van der Waals surface area contributed by atoms with E-state index in [1.807, 2.05) is 30.0 Å². The highest BCUT2D eigenvalue weighted by Gasteiger charge is 2.11. The van der Waals surface area contributed by atoms with Gasteiger partial charge in [-0.3, -0.25) is 25.0 Å². The average molecular weight is 396 g/mol. The van der Waals surface area contributed by atoms with E-state index in [-0.39, 0.29) is 0 Å². The number of imidazole rings is 1. The second kappa shape index (κ2) is 9.09. The third-order valence-electron chi connectivity index (χ3n) is 3.89. The molecular formula is C20H20N4O3S. The van der Waals surface area contributed by atoms with E-state index in [0.29, 0.717) is 23.5 Å².